The monoisotopic (exact) mass is 284 g/mol. The first-order valence-corrected chi connectivity index (χ1v) is 7.44. The fourth-order valence-electron chi connectivity index (χ4n) is 2.24. The third-order valence-electron chi connectivity index (χ3n) is 3.22. The van der Waals surface area contributed by atoms with Crippen LogP contribution in [-0.4, -0.2) is 39.8 Å². The highest BCUT2D eigenvalue weighted by molar-refractivity contribution is 7.89. The van der Waals surface area contributed by atoms with Crippen LogP contribution in [0.15, 0.2) is 24.3 Å². The number of ether oxygens (including phenoxy) is 1. The van der Waals surface area contributed by atoms with Crippen molar-refractivity contribution in [1.29, 1.82) is 0 Å². The summed E-state index contributed by atoms with van der Waals surface area (Å²) in [5.41, 5.74) is 1.73. The van der Waals surface area contributed by atoms with Crippen LogP contribution in [0.1, 0.15) is 5.56 Å². The van der Waals surface area contributed by atoms with Crippen molar-refractivity contribution in [3.63, 3.8) is 0 Å². The van der Waals surface area contributed by atoms with Gasteiger partial charge < -0.3 is 9.64 Å². The van der Waals surface area contributed by atoms with Crippen LogP contribution in [0.25, 0.3) is 0 Å². The lowest BCUT2D eigenvalue weighted by Crippen LogP contribution is -2.47. The smallest absolute Gasteiger partial charge is 0.325 e. The number of hydrogen-bond acceptors (Lipinski definition) is 5. The summed E-state index contributed by atoms with van der Waals surface area (Å²) in [6.45, 7) is 0.213. The van der Waals surface area contributed by atoms with E-state index in [-0.39, 0.29) is 13.1 Å². The molecule has 0 radical (unpaired) electrons. The van der Waals surface area contributed by atoms with Crippen molar-refractivity contribution in [3.8, 4) is 0 Å². The normalized spacial score (nSPS) is 18.8. The molecule has 0 bridgehead atoms. The highest BCUT2D eigenvalue weighted by atomic mass is 32.2. The number of esters is 1. The van der Waals surface area contributed by atoms with Gasteiger partial charge >= 0.3 is 5.97 Å². The number of hydrogen-bond donors (Lipinski definition) is 1. The van der Waals surface area contributed by atoms with E-state index >= 15 is 0 Å². The molecule has 2 N–H and O–H groups in total. The van der Waals surface area contributed by atoms with Crippen molar-refractivity contribution in [3.05, 3.63) is 29.8 Å². The molecule has 0 saturated heterocycles. The Bertz CT molecular complexity index is 585. The van der Waals surface area contributed by atoms with Gasteiger partial charge in [-0.1, -0.05) is 18.2 Å². The molecule has 7 heteroatoms. The zero-order chi connectivity index (χ0) is 14.0. The first-order chi connectivity index (χ1) is 8.91. The van der Waals surface area contributed by atoms with Gasteiger partial charge in [0.05, 0.1) is 12.4 Å². The summed E-state index contributed by atoms with van der Waals surface area (Å²) < 4.78 is 27.7. The van der Waals surface area contributed by atoms with Gasteiger partial charge in [-0.05, 0) is 18.1 Å². The van der Waals surface area contributed by atoms with Crippen LogP contribution in [0.5, 0.6) is 0 Å². The average Bonchev–Trinajstić information content (AvgIpc) is 2.37. The predicted octanol–water partition coefficient (Wildman–Crippen LogP) is -0.121. The van der Waals surface area contributed by atoms with Crippen LogP contribution >= 0.6 is 0 Å². The third-order valence-corrected chi connectivity index (χ3v) is 4.46. The second-order valence-corrected chi connectivity index (χ2v) is 6.35. The molecule has 2 rings (SSSR count). The zero-order valence-electron chi connectivity index (χ0n) is 10.6. The standard InChI is InChI=1S/C12H16N2O4S/c1-18-12(15)8-14-7-10(19(13,16)17)6-9-4-2-3-5-11(9)14/h2-5,10H,6-8H2,1H3,(H2,13,16,17). The van der Waals surface area contributed by atoms with Crippen LogP contribution in [0.4, 0.5) is 5.69 Å². The third kappa shape index (κ3) is 3.05. The molecule has 0 aromatic heterocycles. The molecule has 0 spiro atoms. The number of rotatable bonds is 3. The maximum atomic E-state index is 11.5. The Balaban J connectivity index is 2.34. The highest BCUT2D eigenvalue weighted by Gasteiger charge is 2.32. The van der Waals surface area contributed by atoms with Gasteiger partial charge in [0.25, 0.3) is 0 Å². The van der Waals surface area contributed by atoms with Gasteiger partial charge in [-0.3, -0.25) is 4.79 Å². The number of anilines is 1. The number of sulfonamides is 1. The van der Waals surface area contributed by atoms with E-state index in [1.54, 1.807) is 4.90 Å². The SMILES string of the molecule is COC(=O)CN1CC(S(N)(=O)=O)Cc2ccccc21. The number of methoxy groups -OCH3 is 1. The van der Waals surface area contributed by atoms with Crippen LogP contribution in [0, 0.1) is 0 Å². The van der Waals surface area contributed by atoms with E-state index in [0.717, 1.165) is 11.3 Å². The Morgan fingerprint density at radius 2 is 2.16 bits per heavy atom. The molecule has 1 unspecified atom stereocenters. The predicted molar refractivity (Wildman–Crippen MR) is 71.3 cm³/mol. The number of nitrogens with zero attached hydrogens (tertiary/aromatic N) is 1. The summed E-state index contributed by atoms with van der Waals surface area (Å²) in [5, 5.41) is 4.52. The van der Waals surface area contributed by atoms with E-state index in [2.05, 4.69) is 4.74 Å². The van der Waals surface area contributed by atoms with Crippen LogP contribution < -0.4 is 10.0 Å². The molecule has 0 aliphatic carbocycles. The molecule has 19 heavy (non-hydrogen) atoms. The minimum Gasteiger partial charge on any atom is -0.468 e. The van der Waals surface area contributed by atoms with Gasteiger partial charge in [-0.15, -0.1) is 0 Å². The molecule has 1 atom stereocenters. The largest absolute Gasteiger partial charge is 0.468 e. The van der Waals surface area contributed by atoms with Gasteiger partial charge in [0, 0.05) is 12.2 Å². The molecular weight excluding hydrogens is 268 g/mol. The summed E-state index contributed by atoms with van der Waals surface area (Å²) in [5.74, 6) is -0.412. The number of para-hydroxylation sites is 1. The molecule has 1 aromatic carbocycles. The maximum absolute atomic E-state index is 11.5. The Morgan fingerprint density at radius 3 is 2.79 bits per heavy atom. The van der Waals surface area contributed by atoms with Gasteiger partial charge in [0.2, 0.25) is 10.0 Å². The van der Waals surface area contributed by atoms with Crippen molar-refractivity contribution >= 4 is 21.7 Å². The van der Waals surface area contributed by atoms with Crippen LogP contribution in [0.2, 0.25) is 0 Å². The minimum atomic E-state index is -3.64. The first-order valence-electron chi connectivity index (χ1n) is 5.83. The second-order valence-electron chi connectivity index (χ2n) is 4.50. The van der Waals surface area contributed by atoms with E-state index < -0.39 is 21.2 Å². The van der Waals surface area contributed by atoms with Crippen molar-refractivity contribution in [2.24, 2.45) is 5.14 Å². The summed E-state index contributed by atoms with van der Waals surface area (Å²) in [6.07, 6.45) is 0.368. The van der Waals surface area contributed by atoms with Crippen molar-refractivity contribution in [2.75, 3.05) is 25.1 Å². The molecule has 0 fully saturated rings. The van der Waals surface area contributed by atoms with Crippen LogP contribution in [-0.2, 0) is 26.0 Å². The number of carbonyl (C=O) groups is 1. The lowest BCUT2D eigenvalue weighted by atomic mass is 10.0. The molecule has 1 aromatic rings. The molecule has 0 saturated carbocycles. The summed E-state index contributed by atoms with van der Waals surface area (Å²) in [4.78, 5) is 13.1. The van der Waals surface area contributed by atoms with E-state index in [1.165, 1.54) is 7.11 Å². The maximum Gasteiger partial charge on any atom is 0.325 e. The Labute approximate surface area is 112 Å². The lowest BCUT2D eigenvalue weighted by molar-refractivity contribution is -0.138. The van der Waals surface area contributed by atoms with Gasteiger partial charge in [0.15, 0.2) is 0 Å². The molecule has 0 amide bonds. The van der Waals surface area contributed by atoms with Gasteiger partial charge in [-0.25, -0.2) is 13.6 Å². The van der Waals surface area contributed by atoms with Crippen LogP contribution in [0.3, 0.4) is 0 Å². The number of nitrogens with two attached hydrogens (primary N) is 1. The number of primary sulfonamides is 1. The Morgan fingerprint density at radius 1 is 1.47 bits per heavy atom. The molecule has 104 valence electrons. The first kappa shape index (κ1) is 13.8. The van der Waals surface area contributed by atoms with E-state index in [0.29, 0.717) is 6.42 Å². The molecule has 1 aliphatic heterocycles. The molecule has 6 nitrogen and oxygen atoms in total. The Kier molecular flexibility index (Phi) is 3.77. The molecule has 1 heterocycles. The van der Waals surface area contributed by atoms with E-state index in [1.807, 2.05) is 24.3 Å². The minimum absolute atomic E-state index is 0.0134. The number of carbonyl (C=O) groups excluding carboxylic acids is 1. The van der Waals surface area contributed by atoms with Gasteiger partial charge in [-0.2, -0.15) is 0 Å². The quantitative estimate of drug-likeness (QED) is 0.782. The number of benzene rings is 1. The zero-order valence-corrected chi connectivity index (χ0v) is 11.4. The molecule has 1 aliphatic rings. The van der Waals surface area contributed by atoms with E-state index in [9.17, 15) is 13.2 Å². The average molecular weight is 284 g/mol. The van der Waals surface area contributed by atoms with Gasteiger partial charge in [0.1, 0.15) is 6.54 Å². The second kappa shape index (κ2) is 5.18. The topological polar surface area (TPSA) is 89.7 Å². The summed E-state index contributed by atoms with van der Waals surface area (Å²) in [7, 11) is -2.34. The lowest BCUT2D eigenvalue weighted by Gasteiger charge is -2.34. The fraction of sp³-hybridized carbons (Fsp3) is 0.417. The highest BCUT2D eigenvalue weighted by Crippen LogP contribution is 2.28. The van der Waals surface area contributed by atoms with Crippen molar-refractivity contribution in [1.82, 2.24) is 0 Å². The molecular formula is C12H16N2O4S. The van der Waals surface area contributed by atoms with E-state index in [4.69, 9.17) is 5.14 Å². The van der Waals surface area contributed by atoms with Crippen molar-refractivity contribution < 1.29 is 17.9 Å². The van der Waals surface area contributed by atoms with Crippen molar-refractivity contribution in [2.45, 2.75) is 11.7 Å². The Hall–Kier alpha value is -1.60. The summed E-state index contributed by atoms with van der Waals surface area (Å²) >= 11 is 0. The summed E-state index contributed by atoms with van der Waals surface area (Å²) in [6, 6.07) is 7.38. The fourth-order valence-corrected chi connectivity index (χ4v) is 3.04. The number of fused-ring (bicyclic) bond motifs is 1.